The Morgan fingerprint density at radius 3 is 2.67 bits per heavy atom. The normalized spacial score (nSPS) is 10.4. The van der Waals surface area contributed by atoms with Crippen LogP contribution >= 0.6 is 11.6 Å². The van der Waals surface area contributed by atoms with Gasteiger partial charge >= 0.3 is 0 Å². The number of hydrogen-bond donors (Lipinski definition) is 1. The number of aromatic nitrogens is 1. The molecule has 1 heterocycles. The van der Waals surface area contributed by atoms with E-state index < -0.39 is 0 Å². The van der Waals surface area contributed by atoms with Crippen LogP contribution in [0.5, 0.6) is 11.5 Å². The van der Waals surface area contributed by atoms with Crippen molar-refractivity contribution in [3.63, 3.8) is 0 Å². The lowest BCUT2D eigenvalue weighted by atomic mass is 10.2. The molecular formula is C13H15ClN2O2. The molecule has 4 nitrogen and oxygen atoms in total. The van der Waals surface area contributed by atoms with Crippen LogP contribution in [0.2, 0.25) is 5.02 Å². The summed E-state index contributed by atoms with van der Waals surface area (Å²) in [5.41, 5.74) is 0.734. The fraction of sp³-hybridized carbons (Fsp3) is 0.308. The molecule has 0 radical (unpaired) electrons. The number of pyridine rings is 1. The number of halogens is 1. The first-order valence-electron chi connectivity index (χ1n) is 5.66. The second-order valence-electron chi connectivity index (χ2n) is 3.72. The van der Waals surface area contributed by atoms with Gasteiger partial charge in [-0.05, 0) is 19.1 Å². The Balaban J connectivity index is 2.71. The Kier molecular flexibility index (Phi) is 3.77. The Morgan fingerprint density at radius 2 is 2.06 bits per heavy atom. The quantitative estimate of drug-likeness (QED) is 0.922. The van der Waals surface area contributed by atoms with Crippen molar-refractivity contribution in [1.29, 1.82) is 0 Å². The highest BCUT2D eigenvalue weighted by molar-refractivity contribution is 6.33. The number of rotatable bonds is 4. The number of anilines is 1. The average Bonchev–Trinajstić information content (AvgIpc) is 2.38. The third-order valence-corrected chi connectivity index (χ3v) is 2.91. The molecule has 0 saturated heterocycles. The van der Waals surface area contributed by atoms with Crippen LogP contribution in [0.25, 0.3) is 10.9 Å². The molecule has 5 heteroatoms. The van der Waals surface area contributed by atoms with Crippen molar-refractivity contribution in [2.45, 2.75) is 6.92 Å². The Morgan fingerprint density at radius 1 is 1.28 bits per heavy atom. The first-order valence-corrected chi connectivity index (χ1v) is 6.04. The van der Waals surface area contributed by atoms with Gasteiger partial charge in [-0.3, -0.25) is 0 Å². The number of fused-ring (bicyclic) bond motifs is 1. The lowest BCUT2D eigenvalue weighted by molar-refractivity contribution is 0.410. The van der Waals surface area contributed by atoms with E-state index in [4.69, 9.17) is 21.1 Å². The molecular weight excluding hydrogens is 252 g/mol. The van der Waals surface area contributed by atoms with E-state index in [-0.39, 0.29) is 0 Å². The van der Waals surface area contributed by atoms with E-state index in [0.717, 1.165) is 23.3 Å². The van der Waals surface area contributed by atoms with Gasteiger partial charge in [-0.25, -0.2) is 4.98 Å². The van der Waals surface area contributed by atoms with E-state index in [1.165, 1.54) is 0 Å². The molecule has 0 spiro atoms. The summed E-state index contributed by atoms with van der Waals surface area (Å²) in [7, 11) is 3.19. The second kappa shape index (κ2) is 5.31. The smallest absolute Gasteiger partial charge is 0.147 e. The fourth-order valence-corrected chi connectivity index (χ4v) is 2.13. The molecule has 0 bridgehead atoms. The van der Waals surface area contributed by atoms with Crippen molar-refractivity contribution in [3.05, 3.63) is 23.2 Å². The van der Waals surface area contributed by atoms with E-state index in [0.29, 0.717) is 16.5 Å². The van der Waals surface area contributed by atoms with Crippen molar-refractivity contribution in [2.24, 2.45) is 0 Å². The Hall–Kier alpha value is -1.68. The van der Waals surface area contributed by atoms with Gasteiger partial charge in [0, 0.05) is 18.0 Å². The van der Waals surface area contributed by atoms with Crippen molar-refractivity contribution in [2.75, 3.05) is 26.1 Å². The van der Waals surface area contributed by atoms with Crippen molar-refractivity contribution in [3.8, 4) is 11.5 Å². The first kappa shape index (κ1) is 12.8. The van der Waals surface area contributed by atoms with Crippen molar-refractivity contribution in [1.82, 2.24) is 4.98 Å². The largest absolute Gasteiger partial charge is 0.494 e. The Bertz CT molecular complexity index is 572. The summed E-state index contributed by atoms with van der Waals surface area (Å²) in [5, 5.41) is 4.51. The third-order valence-electron chi connectivity index (χ3n) is 2.63. The summed E-state index contributed by atoms with van der Waals surface area (Å²) in [6.07, 6.45) is 0. The van der Waals surface area contributed by atoms with Gasteiger partial charge in [0.1, 0.15) is 22.8 Å². The molecule has 1 aromatic heterocycles. The molecule has 18 heavy (non-hydrogen) atoms. The second-order valence-corrected chi connectivity index (χ2v) is 4.12. The lowest BCUT2D eigenvalue weighted by Crippen LogP contribution is -2.00. The van der Waals surface area contributed by atoms with Gasteiger partial charge in [-0.15, -0.1) is 0 Å². The minimum atomic E-state index is 0.514. The number of benzene rings is 1. The zero-order valence-corrected chi connectivity index (χ0v) is 11.3. The highest BCUT2D eigenvalue weighted by Gasteiger charge is 2.13. The standard InChI is InChI=1S/C13H15ClN2O2/c1-4-15-11-6-5-8-12(16-11)10(17-2)7-9(14)13(8)18-3/h5-7H,4H2,1-3H3,(H,15,16). The van der Waals surface area contributed by atoms with Crippen molar-refractivity contribution < 1.29 is 9.47 Å². The Labute approximate surface area is 111 Å². The zero-order valence-electron chi connectivity index (χ0n) is 10.6. The van der Waals surface area contributed by atoms with Gasteiger partial charge in [-0.2, -0.15) is 0 Å². The van der Waals surface area contributed by atoms with Crippen LogP contribution in [0, 0.1) is 0 Å². The molecule has 1 aromatic carbocycles. The molecule has 0 amide bonds. The van der Waals surface area contributed by atoms with Crippen molar-refractivity contribution >= 4 is 28.3 Å². The maximum atomic E-state index is 6.14. The highest BCUT2D eigenvalue weighted by Crippen LogP contribution is 2.38. The summed E-state index contributed by atoms with van der Waals surface area (Å²) in [5.74, 6) is 2.05. The lowest BCUT2D eigenvalue weighted by Gasteiger charge is -2.12. The number of nitrogens with zero attached hydrogens (tertiary/aromatic N) is 1. The number of methoxy groups -OCH3 is 2. The summed E-state index contributed by atoms with van der Waals surface area (Å²) in [4.78, 5) is 4.51. The number of nitrogens with one attached hydrogen (secondary N) is 1. The number of hydrogen-bond acceptors (Lipinski definition) is 4. The van der Waals surface area contributed by atoms with E-state index in [2.05, 4.69) is 10.3 Å². The highest BCUT2D eigenvalue weighted by atomic mass is 35.5. The van der Waals surface area contributed by atoms with Gasteiger partial charge in [0.05, 0.1) is 19.2 Å². The van der Waals surface area contributed by atoms with E-state index in [1.54, 1.807) is 20.3 Å². The molecule has 0 unspecified atom stereocenters. The van der Waals surface area contributed by atoms with Gasteiger partial charge in [-0.1, -0.05) is 11.6 Å². The predicted molar refractivity (Wildman–Crippen MR) is 74.0 cm³/mol. The molecule has 0 saturated carbocycles. The van der Waals surface area contributed by atoms with E-state index in [9.17, 15) is 0 Å². The van der Waals surface area contributed by atoms with Crippen LogP contribution in [0.4, 0.5) is 5.82 Å². The molecule has 0 aliphatic rings. The summed E-state index contributed by atoms with van der Waals surface area (Å²) >= 11 is 6.14. The SMILES string of the molecule is CCNc1ccc2c(OC)c(Cl)cc(OC)c2n1. The van der Waals surface area contributed by atoms with Gasteiger partial charge in [0.15, 0.2) is 0 Å². The molecule has 0 aliphatic carbocycles. The minimum Gasteiger partial charge on any atom is -0.494 e. The molecule has 0 aliphatic heterocycles. The monoisotopic (exact) mass is 266 g/mol. The summed E-state index contributed by atoms with van der Waals surface area (Å²) in [6, 6.07) is 5.53. The molecule has 0 atom stereocenters. The summed E-state index contributed by atoms with van der Waals surface area (Å²) in [6.45, 7) is 2.83. The first-order chi connectivity index (χ1) is 8.71. The van der Waals surface area contributed by atoms with Crippen LogP contribution < -0.4 is 14.8 Å². The van der Waals surface area contributed by atoms with Gasteiger partial charge < -0.3 is 14.8 Å². The van der Waals surface area contributed by atoms with E-state index in [1.807, 2.05) is 19.1 Å². The molecule has 0 fully saturated rings. The topological polar surface area (TPSA) is 43.4 Å². The molecule has 1 N–H and O–H groups in total. The van der Waals surface area contributed by atoms with Crippen LogP contribution in [-0.4, -0.2) is 25.7 Å². The van der Waals surface area contributed by atoms with Crippen LogP contribution in [-0.2, 0) is 0 Å². The van der Waals surface area contributed by atoms with Gasteiger partial charge in [0.2, 0.25) is 0 Å². The summed E-state index contributed by atoms with van der Waals surface area (Å²) < 4.78 is 10.6. The predicted octanol–water partition coefficient (Wildman–Crippen LogP) is 3.34. The number of ether oxygens (including phenoxy) is 2. The molecule has 2 rings (SSSR count). The molecule has 96 valence electrons. The maximum Gasteiger partial charge on any atom is 0.147 e. The average molecular weight is 267 g/mol. The fourth-order valence-electron chi connectivity index (χ4n) is 1.85. The zero-order chi connectivity index (χ0) is 13.1. The van der Waals surface area contributed by atoms with Crippen LogP contribution in [0.15, 0.2) is 18.2 Å². The van der Waals surface area contributed by atoms with Crippen LogP contribution in [0.1, 0.15) is 6.92 Å². The minimum absolute atomic E-state index is 0.514. The third kappa shape index (κ3) is 2.16. The maximum absolute atomic E-state index is 6.14. The van der Waals surface area contributed by atoms with Crippen LogP contribution in [0.3, 0.4) is 0 Å². The molecule has 2 aromatic rings. The van der Waals surface area contributed by atoms with Gasteiger partial charge in [0.25, 0.3) is 0 Å². The van der Waals surface area contributed by atoms with E-state index >= 15 is 0 Å².